The van der Waals surface area contributed by atoms with Gasteiger partial charge in [0.1, 0.15) is 12.2 Å². The van der Waals surface area contributed by atoms with Gasteiger partial charge in [-0.3, -0.25) is 15.4 Å². The third-order valence-electron chi connectivity index (χ3n) is 3.45. The lowest BCUT2D eigenvalue weighted by Crippen LogP contribution is -2.23. The van der Waals surface area contributed by atoms with Crippen molar-refractivity contribution in [3.8, 4) is 0 Å². The van der Waals surface area contributed by atoms with Crippen molar-refractivity contribution in [2.45, 2.75) is 19.5 Å². The maximum Gasteiger partial charge on any atom is 0.145 e. The largest absolute Gasteiger partial charge is 0.299 e. The van der Waals surface area contributed by atoms with E-state index >= 15 is 0 Å². The minimum atomic E-state index is -0.0201. The highest BCUT2D eigenvalue weighted by molar-refractivity contribution is 5.25. The van der Waals surface area contributed by atoms with E-state index in [0.717, 1.165) is 23.6 Å². The molecule has 0 aliphatic rings. The summed E-state index contributed by atoms with van der Waals surface area (Å²) in [6, 6.07) is 14.2. The standard InChI is InChI=1S/C16H17N5/c1-12-14(8-5-9-17-12)10-18-15(16-19-11-20-21-16)13-6-3-2-4-7-13/h2-9,11,15,18H,10H2,1H3,(H,19,20,21). The summed E-state index contributed by atoms with van der Waals surface area (Å²) in [5, 5.41) is 10.4. The van der Waals surface area contributed by atoms with Gasteiger partial charge in [0.2, 0.25) is 0 Å². The predicted octanol–water partition coefficient (Wildman–Crippen LogP) is 2.39. The van der Waals surface area contributed by atoms with E-state index < -0.39 is 0 Å². The zero-order valence-electron chi connectivity index (χ0n) is 11.8. The number of benzene rings is 1. The van der Waals surface area contributed by atoms with Crippen LogP contribution in [0.25, 0.3) is 0 Å². The molecule has 3 aromatic rings. The van der Waals surface area contributed by atoms with Crippen molar-refractivity contribution in [1.82, 2.24) is 25.5 Å². The Balaban J connectivity index is 1.82. The summed E-state index contributed by atoms with van der Waals surface area (Å²) in [4.78, 5) is 8.60. The summed E-state index contributed by atoms with van der Waals surface area (Å²) >= 11 is 0. The summed E-state index contributed by atoms with van der Waals surface area (Å²) < 4.78 is 0. The van der Waals surface area contributed by atoms with Crippen molar-refractivity contribution >= 4 is 0 Å². The molecule has 0 aliphatic carbocycles. The van der Waals surface area contributed by atoms with Crippen LogP contribution in [0.1, 0.15) is 28.7 Å². The topological polar surface area (TPSA) is 66.5 Å². The zero-order valence-corrected chi connectivity index (χ0v) is 11.8. The molecule has 0 fully saturated rings. The van der Waals surface area contributed by atoms with Gasteiger partial charge in [-0.2, -0.15) is 5.10 Å². The van der Waals surface area contributed by atoms with E-state index in [1.807, 2.05) is 37.4 Å². The number of aromatic amines is 1. The highest BCUT2D eigenvalue weighted by Gasteiger charge is 2.16. The van der Waals surface area contributed by atoms with E-state index in [-0.39, 0.29) is 6.04 Å². The van der Waals surface area contributed by atoms with Gasteiger partial charge in [0.25, 0.3) is 0 Å². The summed E-state index contributed by atoms with van der Waals surface area (Å²) in [5.74, 6) is 0.808. The minimum Gasteiger partial charge on any atom is -0.299 e. The van der Waals surface area contributed by atoms with E-state index in [0.29, 0.717) is 0 Å². The molecule has 5 heteroatoms. The van der Waals surface area contributed by atoms with Gasteiger partial charge < -0.3 is 0 Å². The molecule has 5 nitrogen and oxygen atoms in total. The zero-order chi connectivity index (χ0) is 14.5. The lowest BCUT2D eigenvalue weighted by Gasteiger charge is -2.17. The lowest BCUT2D eigenvalue weighted by atomic mass is 10.1. The molecule has 0 saturated carbocycles. The monoisotopic (exact) mass is 279 g/mol. The average Bonchev–Trinajstić information content (AvgIpc) is 3.04. The summed E-state index contributed by atoms with van der Waals surface area (Å²) in [6.07, 6.45) is 3.34. The minimum absolute atomic E-state index is 0.0201. The van der Waals surface area contributed by atoms with Crippen molar-refractivity contribution in [1.29, 1.82) is 0 Å². The Morgan fingerprint density at radius 1 is 1.10 bits per heavy atom. The van der Waals surface area contributed by atoms with Crippen LogP contribution < -0.4 is 5.32 Å². The van der Waals surface area contributed by atoms with Gasteiger partial charge in [-0.1, -0.05) is 36.4 Å². The molecule has 1 aromatic carbocycles. The summed E-state index contributed by atoms with van der Waals surface area (Å²) in [6.45, 7) is 2.74. The Morgan fingerprint density at radius 2 is 1.95 bits per heavy atom. The smallest absolute Gasteiger partial charge is 0.145 e. The maximum absolute atomic E-state index is 4.32. The average molecular weight is 279 g/mol. The fraction of sp³-hybridized carbons (Fsp3) is 0.188. The molecule has 0 amide bonds. The predicted molar refractivity (Wildman–Crippen MR) is 80.5 cm³/mol. The molecular weight excluding hydrogens is 262 g/mol. The van der Waals surface area contributed by atoms with E-state index in [4.69, 9.17) is 0 Å². The SMILES string of the molecule is Cc1ncccc1CNC(c1ccccc1)c1ncn[nH]1. The molecular formula is C16H17N5. The van der Waals surface area contributed by atoms with E-state index in [9.17, 15) is 0 Å². The summed E-state index contributed by atoms with van der Waals surface area (Å²) in [5.41, 5.74) is 3.36. The van der Waals surface area contributed by atoms with Gasteiger partial charge in [-0.25, -0.2) is 4.98 Å². The number of nitrogens with zero attached hydrogens (tertiary/aromatic N) is 3. The maximum atomic E-state index is 4.32. The lowest BCUT2D eigenvalue weighted by molar-refractivity contribution is 0.575. The number of pyridine rings is 1. The Hall–Kier alpha value is -2.53. The molecule has 1 unspecified atom stereocenters. The van der Waals surface area contributed by atoms with Gasteiger partial charge in [0.05, 0.1) is 6.04 Å². The first kappa shape index (κ1) is 13.5. The quantitative estimate of drug-likeness (QED) is 0.752. The Labute approximate surface area is 123 Å². The van der Waals surface area contributed by atoms with Crippen molar-refractivity contribution in [2.75, 3.05) is 0 Å². The van der Waals surface area contributed by atoms with Crippen molar-refractivity contribution in [2.24, 2.45) is 0 Å². The molecule has 0 aliphatic heterocycles. The van der Waals surface area contributed by atoms with E-state index in [1.54, 1.807) is 0 Å². The first-order valence-corrected chi connectivity index (χ1v) is 6.88. The molecule has 21 heavy (non-hydrogen) atoms. The Kier molecular flexibility index (Phi) is 4.02. The van der Waals surface area contributed by atoms with Crippen LogP contribution in [0, 0.1) is 6.92 Å². The van der Waals surface area contributed by atoms with Crippen LogP contribution in [0.2, 0.25) is 0 Å². The van der Waals surface area contributed by atoms with Gasteiger partial charge in [-0.05, 0) is 24.1 Å². The Bertz CT molecular complexity index is 679. The second kappa shape index (κ2) is 6.28. The number of rotatable bonds is 5. The second-order valence-corrected chi connectivity index (χ2v) is 4.84. The number of hydrogen-bond acceptors (Lipinski definition) is 4. The number of aryl methyl sites for hydroxylation is 1. The molecule has 3 rings (SSSR count). The van der Waals surface area contributed by atoms with Crippen molar-refractivity contribution < 1.29 is 0 Å². The molecule has 1 atom stereocenters. The van der Waals surface area contributed by atoms with Gasteiger partial charge >= 0.3 is 0 Å². The molecule has 2 heterocycles. The molecule has 0 radical (unpaired) electrons. The highest BCUT2D eigenvalue weighted by Crippen LogP contribution is 2.19. The Morgan fingerprint density at radius 3 is 2.67 bits per heavy atom. The van der Waals surface area contributed by atoms with Crippen LogP contribution in [0.3, 0.4) is 0 Å². The fourth-order valence-electron chi connectivity index (χ4n) is 2.29. The highest BCUT2D eigenvalue weighted by atomic mass is 15.2. The van der Waals surface area contributed by atoms with Gasteiger partial charge in [-0.15, -0.1) is 0 Å². The third-order valence-corrected chi connectivity index (χ3v) is 3.45. The molecule has 0 bridgehead atoms. The first-order chi connectivity index (χ1) is 10.3. The summed E-state index contributed by atoms with van der Waals surface area (Å²) in [7, 11) is 0. The van der Waals surface area contributed by atoms with Crippen molar-refractivity contribution in [3.05, 3.63) is 77.6 Å². The molecule has 0 saturated heterocycles. The van der Waals surface area contributed by atoms with Crippen LogP contribution >= 0.6 is 0 Å². The molecule has 2 N–H and O–H groups in total. The van der Waals surface area contributed by atoms with Crippen LogP contribution in [0.4, 0.5) is 0 Å². The normalized spacial score (nSPS) is 12.2. The number of aromatic nitrogens is 4. The second-order valence-electron chi connectivity index (χ2n) is 4.84. The van der Waals surface area contributed by atoms with Crippen LogP contribution in [-0.4, -0.2) is 20.2 Å². The fourth-order valence-corrected chi connectivity index (χ4v) is 2.29. The van der Waals surface area contributed by atoms with E-state index in [1.165, 1.54) is 11.9 Å². The molecule has 106 valence electrons. The number of hydrogen-bond donors (Lipinski definition) is 2. The van der Waals surface area contributed by atoms with Crippen LogP contribution in [-0.2, 0) is 6.54 Å². The number of H-pyrrole nitrogens is 1. The van der Waals surface area contributed by atoms with E-state index in [2.05, 4.69) is 43.7 Å². The first-order valence-electron chi connectivity index (χ1n) is 6.88. The third kappa shape index (κ3) is 3.14. The molecule has 0 spiro atoms. The van der Waals surface area contributed by atoms with Gasteiger partial charge in [0, 0.05) is 18.4 Å². The van der Waals surface area contributed by atoms with Gasteiger partial charge in [0.15, 0.2) is 0 Å². The number of nitrogens with one attached hydrogen (secondary N) is 2. The van der Waals surface area contributed by atoms with Crippen LogP contribution in [0.15, 0.2) is 55.0 Å². The molecule has 2 aromatic heterocycles. The van der Waals surface area contributed by atoms with Crippen molar-refractivity contribution in [3.63, 3.8) is 0 Å². The van der Waals surface area contributed by atoms with Crippen LogP contribution in [0.5, 0.6) is 0 Å².